The van der Waals surface area contributed by atoms with Crippen molar-refractivity contribution in [1.29, 1.82) is 0 Å². The van der Waals surface area contributed by atoms with Crippen LogP contribution in [0.4, 0.5) is 18.9 Å². The van der Waals surface area contributed by atoms with Crippen LogP contribution in [0.15, 0.2) is 48.5 Å². The lowest BCUT2D eigenvalue weighted by Crippen LogP contribution is -2.41. The molecule has 0 saturated heterocycles. The van der Waals surface area contributed by atoms with E-state index in [-0.39, 0.29) is 18.0 Å². The second-order valence-corrected chi connectivity index (χ2v) is 8.71. The third-order valence-corrected chi connectivity index (χ3v) is 6.42. The van der Waals surface area contributed by atoms with Crippen LogP contribution in [0, 0.1) is 0 Å². The van der Waals surface area contributed by atoms with Crippen LogP contribution in [0.25, 0.3) is 0 Å². The lowest BCUT2D eigenvalue weighted by Gasteiger charge is -2.38. The number of carbonyl (C=O) groups excluding carboxylic acids is 1. The predicted molar refractivity (Wildman–Crippen MR) is 139 cm³/mol. The molecule has 1 atom stereocenters. The molecule has 10 heteroatoms. The summed E-state index contributed by atoms with van der Waals surface area (Å²) in [6.07, 6.45) is -4.62. The lowest BCUT2D eigenvalue weighted by molar-refractivity contribution is -0.137. The number of amides is 1. The number of benzene rings is 3. The van der Waals surface area contributed by atoms with Crippen molar-refractivity contribution in [3.05, 3.63) is 70.8 Å². The van der Waals surface area contributed by atoms with Crippen molar-refractivity contribution in [2.75, 3.05) is 39.4 Å². The van der Waals surface area contributed by atoms with E-state index in [1.165, 1.54) is 38.4 Å². The molecule has 3 aromatic carbocycles. The molecule has 7 nitrogen and oxygen atoms in total. The molecule has 0 bridgehead atoms. The number of methoxy groups -OCH3 is 3. The minimum atomic E-state index is -4.58. The highest BCUT2D eigenvalue weighted by atomic mass is 19.4. The van der Waals surface area contributed by atoms with E-state index in [2.05, 4.69) is 0 Å². The van der Waals surface area contributed by atoms with Crippen molar-refractivity contribution in [3.63, 3.8) is 0 Å². The van der Waals surface area contributed by atoms with Crippen LogP contribution in [0.2, 0.25) is 0 Å². The van der Waals surface area contributed by atoms with Gasteiger partial charge in [0.05, 0.1) is 52.6 Å². The first-order chi connectivity index (χ1) is 18.7. The molecule has 0 spiro atoms. The van der Waals surface area contributed by atoms with Gasteiger partial charge in [0.25, 0.3) is 0 Å². The number of fused-ring (bicyclic) bond motifs is 1. The second-order valence-electron chi connectivity index (χ2n) is 8.71. The Kier molecular flexibility index (Phi) is 8.13. The topological polar surface area (TPSA) is 66.5 Å². The molecule has 1 heterocycles. The van der Waals surface area contributed by atoms with E-state index >= 15 is 0 Å². The van der Waals surface area contributed by atoms with E-state index in [4.69, 9.17) is 23.7 Å². The van der Waals surface area contributed by atoms with Crippen LogP contribution in [-0.4, -0.2) is 40.5 Å². The molecule has 3 aromatic rings. The van der Waals surface area contributed by atoms with Gasteiger partial charge < -0.3 is 28.6 Å². The van der Waals surface area contributed by atoms with Gasteiger partial charge >= 0.3 is 6.18 Å². The smallest absolute Gasteiger partial charge is 0.416 e. The fourth-order valence-electron chi connectivity index (χ4n) is 4.81. The maximum atomic E-state index is 13.7. The fraction of sp³-hybridized carbons (Fsp3) is 0.345. The van der Waals surface area contributed by atoms with Gasteiger partial charge in [0.1, 0.15) is 0 Å². The minimum absolute atomic E-state index is 0.0427. The molecule has 0 aromatic heterocycles. The molecule has 1 amide bonds. The van der Waals surface area contributed by atoms with Gasteiger partial charge in [-0.3, -0.25) is 4.79 Å². The van der Waals surface area contributed by atoms with Gasteiger partial charge in [0.2, 0.25) is 11.7 Å². The fourth-order valence-corrected chi connectivity index (χ4v) is 4.81. The Morgan fingerprint density at radius 3 is 2.00 bits per heavy atom. The summed E-state index contributed by atoms with van der Waals surface area (Å²) in [5, 5.41) is 0. The highest BCUT2D eigenvalue weighted by Gasteiger charge is 2.38. The monoisotopic (exact) mass is 545 g/mol. The minimum Gasteiger partial charge on any atom is -0.493 e. The highest BCUT2D eigenvalue weighted by Crippen LogP contribution is 2.48. The van der Waals surface area contributed by atoms with E-state index in [0.717, 1.165) is 12.1 Å². The first-order valence-corrected chi connectivity index (χ1v) is 12.4. The molecule has 39 heavy (non-hydrogen) atoms. The second kappa shape index (κ2) is 11.3. The molecule has 0 N–H and O–H groups in total. The molecular weight excluding hydrogens is 515 g/mol. The number of halogens is 3. The van der Waals surface area contributed by atoms with Gasteiger partial charge in [-0.2, -0.15) is 13.2 Å². The summed E-state index contributed by atoms with van der Waals surface area (Å²) in [6.45, 7) is 4.43. The number of carbonyl (C=O) groups is 1. The number of rotatable bonds is 9. The molecule has 0 aliphatic carbocycles. The average Bonchev–Trinajstić information content (AvgIpc) is 2.91. The Labute approximate surface area is 225 Å². The zero-order valence-electron chi connectivity index (χ0n) is 22.3. The SMILES string of the molecule is CCOc1cc2c(cc1OCC)C(c1cc(OC)c(OC)c(OC)c1)N(c1cccc(C(F)(F)F)c1)C(=O)C2. The van der Waals surface area contributed by atoms with Crippen LogP contribution in [0.5, 0.6) is 28.7 Å². The Morgan fingerprint density at radius 1 is 0.846 bits per heavy atom. The molecule has 1 aliphatic heterocycles. The van der Waals surface area contributed by atoms with Gasteiger partial charge in [-0.05, 0) is 73.0 Å². The van der Waals surface area contributed by atoms with Crippen LogP contribution in [0.1, 0.15) is 42.1 Å². The summed E-state index contributed by atoms with van der Waals surface area (Å²) in [5.41, 5.74) is 1.14. The molecule has 0 saturated carbocycles. The van der Waals surface area contributed by atoms with Crippen LogP contribution < -0.4 is 28.6 Å². The molecule has 1 aliphatic rings. The first-order valence-electron chi connectivity index (χ1n) is 12.4. The summed E-state index contributed by atoms with van der Waals surface area (Å²) < 4.78 is 69.1. The van der Waals surface area contributed by atoms with Crippen molar-refractivity contribution in [2.24, 2.45) is 0 Å². The molecule has 1 unspecified atom stereocenters. The van der Waals surface area contributed by atoms with Gasteiger partial charge in [0, 0.05) is 5.69 Å². The largest absolute Gasteiger partial charge is 0.493 e. The van der Waals surface area contributed by atoms with Gasteiger partial charge in [-0.15, -0.1) is 0 Å². The Morgan fingerprint density at radius 2 is 1.46 bits per heavy atom. The van der Waals surface area contributed by atoms with Crippen LogP contribution in [0.3, 0.4) is 0 Å². The number of anilines is 1. The lowest BCUT2D eigenvalue weighted by atomic mass is 9.86. The van der Waals surface area contributed by atoms with Gasteiger partial charge in [0.15, 0.2) is 23.0 Å². The zero-order chi connectivity index (χ0) is 28.3. The van der Waals surface area contributed by atoms with Crippen molar-refractivity contribution in [3.8, 4) is 28.7 Å². The number of hydrogen-bond acceptors (Lipinski definition) is 6. The first kappa shape index (κ1) is 27.9. The van der Waals surface area contributed by atoms with E-state index in [1.54, 1.807) is 24.3 Å². The standard InChI is InChI=1S/C29H30F3NO6/c1-6-38-22-11-17-14-26(34)33(20-10-8-9-19(15-20)29(30,31)32)27(21(17)16-23(22)39-7-2)18-12-24(35-3)28(37-5)25(13-18)36-4/h8-13,15-16,27H,6-7,14H2,1-5H3. The summed E-state index contributed by atoms with van der Waals surface area (Å²) in [6, 6.07) is 10.8. The van der Waals surface area contributed by atoms with Crippen molar-refractivity contribution in [1.82, 2.24) is 0 Å². The van der Waals surface area contributed by atoms with E-state index < -0.39 is 17.8 Å². The molecule has 0 radical (unpaired) electrons. The van der Waals surface area contributed by atoms with E-state index in [9.17, 15) is 18.0 Å². The Bertz CT molecular complexity index is 1330. The maximum Gasteiger partial charge on any atom is 0.416 e. The van der Waals surface area contributed by atoms with Crippen LogP contribution in [-0.2, 0) is 17.4 Å². The van der Waals surface area contributed by atoms with Crippen molar-refractivity contribution >= 4 is 11.6 Å². The summed E-state index contributed by atoms with van der Waals surface area (Å²) in [7, 11) is 4.40. The van der Waals surface area contributed by atoms with Crippen LogP contribution >= 0.6 is 0 Å². The summed E-state index contributed by atoms with van der Waals surface area (Å²) >= 11 is 0. The van der Waals surface area contributed by atoms with Gasteiger partial charge in [-0.1, -0.05) is 6.07 Å². The Balaban J connectivity index is 2.01. The molecule has 0 fully saturated rings. The molecule has 4 rings (SSSR count). The number of alkyl halides is 3. The normalized spacial score (nSPS) is 15.0. The Hall–Kier alpha value is -4.08. The average molecular weight is 546 g/mol. The molecule has 208 valence electrons. The summed E-state index contributed by atoms with van der Waals surface area (Å²) in [5.74, 6) is 1.60. The number of hydrogen-bond donors (Lipinski definition) is 0. The van der Waals surface area contributed by atoms with E-state index in [0.29, 0.717) is 58.7 Å². The van der Waals surface area contributed by atoms with Crippen molar-refractivity contribution < 1.29 is 41.7 Å². The van der Waals surface area contributed by atoms with Gasteiger partial charge in [-0.25, -0.2) is 0 Å². The van der Waals surface area contributed by atoms with E-state index in [1.807, 2.05) is 13.8 Å². The van der Waals surface area contributed by atoms with Crippen molar-refractivity contribution in [2.45, 2.75) is 32.5 Å². The quantitative estimate of drug-likeness (QED) is 0.319. The predicted octanol–water partition coefficient (Wildman–Crippen LogP) is 6.21. The highest BCUT2D eigenvalue weighted by molar-refractivity contribution is 5.98. The summed E-state index contributed by atoms with van der Waals surface area (Å²) in [4.78, 5) is 15.1. The maximum absolute atomic E-state index is 13.7. The number of ether oxygens (including phenoxy) is 5. The third-order valence-electron chi connectivity index (χ3n) is 6.42. The number of nitrogens with zero attached hydrogens (tertiary/aromatic N) is 1. The third kappa shape index (κ3) is 5.41. The molecular formula is C29H30F3NO6. The zero-order valence-corrected chi connectivity index (χ0v) is 22.3.